The van der Waals surface area contributed by atoms with Crippen molar-refractivity contribution >= 4 is 40.7 Å². The molecule has 2 aromatic rings. The van der Waals surface area contributed by atoms with Crippen LogP contribution in [0.2, 0.25) is 10.2 Å². The molecule has 0 aliphatic heterocycles. The summed E-state index contributed by atoms with van der Waals surface area (Å²) in [6.45, 7) is 1.90. The third kappa shape index (κ3) is 3.19. The standard InChI is InChI=1S/C12H12Cl2N4O/c1-6-3-8(9(19-2)4-7(6)13)16-11-5-10(14)17-12(15)18-11/h3-5H,1-2H3,(H3,15,16,17,18). The minimum atomic E-state index is 0.0969. The van der Waals surface area contributed by atoms with E-state index >= 15 is 0 Å². The van der Waals surface area contributed by atoms with Gasteiger partial charge in [-0.15, -0.1) is 0 Å². The second-order valence-corrected chi connectivity index (χ2v) is 4.66. The molecule has 2 rings (SSSR count). The number of hydrogen-bond donors (Lipinski definition) is 2. The number of nitrogens with two attached hydrogens (primary N) is 1. The molecule has 0 fully saturated rings. The molecular formula is C12H12Cl2N4O. The highest BCUT2D eigenvalue weighted by Crippen LogP contribution is 2.33. The zero-order chi connectivity index (χ0) is 14.0. The molecule has 5 nitrogen and oxygen atoms in total. The van der Waals surface area contributed by atoms with Gasteiger partial charge in [-0.2, -0.15) is 4.98 Å². The number of nitrogens with zero attached hydrogens (tertiary/aromatic N) is 2. The summed E-state index contributed by atoms with van der Waals surface area (Å²) in [6.07, 6.45) is 0. The number of rotatable bonds is 3. The van der Waals surface area contributed by atoms with Gasteiger partial charge in [-0.25, -0.2) is 4.98 Å². The SMILES string of the molecule is COc1cc(Cl)c(C)cc1Nc1cc(Cl)nc(N)n1. The fourth-order valence-corrected chi connectivity index (χ4v) is 1.91. The maximum atomic E-state index is 6.04. The normalized spacial score (nSPS) is 10.3. The molecule has 0 unspecified atom stereocenters. The lowest BCUT2D eigenvalue weighted by Crippen LogP contribution is -2.01. The quantitative estimate of drug-likeness (QED) is 0.849. The number of hydrogen-bond acceptors (Lipinski definition) is 5. The first-order valence-electron chi connectivity index (χ1n) is 5.41. The zero-order valence-electron chi connectivity index (χ0n) is 10.4. The Hall–Kier alpha value is -1.72. The van der Waals surface area contributed by atoms with Gasteiger partial charge >= 0.3 is 0 Å². The molecule has 0 radical (unpaired) electrons. The third-order valence-electron chi connectivity index (χ3n) is 2.46. The van der Waals surface area contributed by atoms with Crippen LogP contribution in [0.25, 0.3) is 0 Å². The van der Waals surface area contributed by atoms with Crippen molar-refractivity contribution in [2.24, 2.45) is 0 Å². The Bertz CT molecular complexity index is 599. The first-order chi connectivity index (χ1) is 8.99. The van der Waals surface area contributed by atoms with Crippen molar-refractivity contribution in [1.82, 2.24) is 9.97 Å². The molecule has 0 spiro atoms. The summed E-state index contributed by atoms with van der Waals surface area (Å²) in [4.78, 5) is 7.83. The largest absolute Gasteiger partial charge is 0.495 e. The Balaban J connectivity index is 2.39. The first-order valence-corrected chi connectivity index (χ1v) is 6.16. The number of benzene rings is 1. The lowest BCUT2D eigenvalue weighted by Gasteiger charge is -2.12. The van der Waals surface area contributed by atoms with Crippen LogP contribution in [0.5, 0.6) is 5.75 Å². The van der Waals surface area contributed by atoms with Gasteiger partial charge < -0.3 is 15.8 Å². The van der Waals surface area contributed by atoms with Gasteiger partial charge in [0.1, 0.15) is 16.7 Å². The molecule has 0 atom stereocenters. The van der Waals surface area contributed by atoms with Crippen molar-refractivity contribution in [2.75, 3.05) is 18.2 Å². The average Bonchev–Trinajstić information content (AvgIpc) is 2.32. The van der Waals surface area contributed by atoms with Crippen molar-refractivity contribution in [3.8, 4) is 5.75 Å². The van der Waals surface area contributed by atoms with Gasteiger partial charge in [0.05, 0.1) is 12.8 Å². The van der Waals surface area contributed by atoms with E-state index in [1.807, 2.05) is 13.0 Å². The van der Waals surface area contributed by atoms with Crippen molar-refractivity contribution in [2.45, 2.75) is 6.92 Å². The Kier molecular flexibility index (Phi) is 3.97. The fourth-order valence-electron chi connectivity index (χ4n) is 1.57. The van der Waals surface area contributed by atoms with E-state index in [0.717, 1.165) is 11.3 Å². The molecule has 19 heavy (non-hydrogen) atoms. The second-order valence-electron chi connectivity index (χ2n) is 3.86. The van der Waals surface area contributed by atoms with Gasteiger partial charge in [0.15, 0.2) is 0 Å². The van der Waals surface area contributed by atoms with E-state index < -0.39 is 0 Å². The smallest absolute Gasteiger partial charge is 0.223 e. The van der Waals surface area contributed by atoms with Crippen LogP contribution in [0.4, 0.5) is 17.5 Å². The maximum absolute atomic E-state index is 6.04. The predicted octanol–water partition coefficient (Wildman–Crippen LogP) is 3.43. The van der Waals surface area contributed by atoms with Gasteiger partial charge in [0.25, 0.3) is 0 Å². The summed E-state index contributed by atoms with van der Waals surface area (Å²) < 4.78 is 5.26. The van der Waals surface area contributed by atoms with Crippen LogP contribution >= 0.6 is 23.2 Å². The number of aryl methyl sites for hydroxylation is 1. The summed E-state index contributed by atoms with van der Waals surface area (Å²) in [5.74, 6) is 1.18. The molecule has 0 saturated carbocycles. The fraction of sp³-hybridized carbons (Fsp3) is 0.167. The van der Waals surface area contributed by atoms with Crippen LogP contribution in [-0.4, -0.2) is 17.1 Å². The minimum absolute atomic E-state index is 0.0969. The molecule has 0 aliphatic carbocycles. The van der Waals surface area contributed by atoms with E-state index in [4.69, 9.17) is 33.7 Å². The molecule has 0 aliphatic rings. The van der Waals surface area contributed by atoms with Crippen molar-refractivity contribution in [3.63, 3.8) is 0 Å². The molecule has 1 aromatic heterocycles. The number of anilines is 3. The van der Waals surface area contributed by atoms with Crippen molar-refractivity contribution < 1.29 is 4.74 Å². The van der Waals surface area contributed by atoms with Crippen LogP contribution in [-0.2, 0) is 0 Å². The lowest BCUT2D eigenvalue weighted by atomic mass is 10.2. The van der Waals surface area contributed by atoms with E-state index in [0.29, 0.717) is 16.6 Å². The van der Waals surface area contributed by atoms with Crippen LogP contribution in [0.3, 0.4) is 0 Å². The van der Waals surface area contributed by atoms with E-state index in [9.17, 15) is 0 Å². The molecule has 0 saturated heterocycles. The van der Waals surface area contributed by atoms with Gasteiger partial charge in [-0.05, 0) is 18.6 Å². The summed E-state index contributed by atoms with van der Waals surface area (Å²) >= 11 is 11.9. The Morgan fingerprint density at radius 3 is 2.58 bits per heavy atom. The summed E-state index contributed by atoms with van der Waals surface area (Å²) in [5, 5.41) is 3.96. The van der Waals surface area contributed by atoms with Crippen LogP contribution in [0.1, 0.15) is 5.56 Å². The van der Waals surface area contributed by atoms with Gasteiger partial charge in [-0.1, -0.05) is 23.2 Å². The highest BCUT2D eigenvalue weighted by Gasteiger charge is 2.09. The number of methoxy groups -OCH3 is 1. The molecule has 0 amide bonds. The summed E-state index contributed by atoms with van der Waals surface area (Å²) in [7, 11) is 1.56. The minimum Gasteiger partial charge on any atom is -0.495 e. The summed E-state index contributed by atoms with van der Waals surface area (Å²) in [5.41, 5.74) is 7.17. The Labute approximate surface area is 120 Å². The molecule has 3 N–H and O–H groups in total. The van der Waals surface area contributed by atoms with Crippen LogP contribution in [0.15, 0.2) is 18.2 Å². The number of ether oxygens (including phenoxy) is 1. The number of halogens is 2. The van der Waals surface area contributed by atoms with E-state index in [1.165, 1.54) is 0 Å². The first kappa shape index (κ1) is 13.7. The van der Waals surface area contributed by atoms with Crippen LogP contribution < -0.4 is 15.8 Å². The van der Waals surface area contributed by atoms with Crippen LogP contribution in [0, 0.1) is 6.92 Å². The van der Waals surface area contributed by atoms with Gasteiger partial charge in [0.2, 0.25) is 5.95 Å². The molecule has 100 valence electrons. The summed E-state index contributed by atoms with van der Waals surface area (Å²) in [6, 6.07) is 5.15. The molecule has 7 heteroatoms. The van der Waals surface area contributed by atoms with E-state index in [1.54, 1.807) is 19.2 Å². The van der Waals surface area contributed by atoms with Gasteiger partial charge in [-0.3, -0.25) is 0 Å². The molecule has 1 heterocycles. The molecule has 1 aromatic carbocycles. The molecular weight excluding hydrogens is 287 g/mol. The maximum Gasteiger partial charge on any atom is 0.223 e. The topological polar surface area (TPSA) is 73.1 Å². The monoisotopic (exact) mass is 298 g/mol. The van der Waals surface area contributed by atoms with E-state index in [2.05, 4.69) is 15.3 Å². The average molecular weight is 299 g/mol. The van der Waals surface area contributed by atoms with E-state index in [-0.39, 0.29) is 11.1 Å². The van der Waals surface area contributed by atoms with Crippen molar-refractivity contribution in [3.05, 3.63) is 33.9 Å². The third-order valence-corrected chi connectivity index (χ3v) is 3.06. The highest BCUT2D eigenvalue weighted by molar-refractivity contribution is 6.31. The Morgan fingerprint density at radius 2 is 1.95 bits per heavy atom. The number of nitrogen functional groups attached to an aromatic ring is 1. The highest BCUT2D eigenvalue weighted by atomic mass is 35.5. The lowest BCUT2D eigenvalue weighted by molar-refractivity contribution is 0.416. The number of aromatic nitrogens is 2. The molecule has 0 bridgehead atoms. The zero-order valence-corrected chi connectivity index (χ0v) is 11.9. The number of nitrogens with one attached hydrogen (secondary N) is 1. The Morgan fingerprint density at radius 1 is 1.21 bits per heavy atom. The van der Waals surface area contributed by atoms with Gasteiger partial charge in [0, 0.05) is 17.2 Å². The predicted molar refractivity (Wildman–Crippen MR) is 77.5 cm³/mol. The van der Waals surface area contributed by atoms with Crippen molar-refractivity contribution in [1.29, 1.82) is 0 Å². The second kappa shape index (κ2) is 5.50.